The Morgan fingerprint density at radius 2 is 1.61 bits per heavy atom. The number of hydrogen-bond donors (Lipinski definition) is 0. The van der Waals surface area contributed by atoms with E-state index in [-0.39, 0.29) is 30.2 Å². The first kappa shape index (κ1) is 21.9. The van der Waals surface area contributed by atoms with Gasteiger partial charge in [0.15, 0.2) is 0 Å². The van der Waals surface area contributed by atoms with Crippen molar-refractivity contribution in [3.8, 4) is 10.6 Å². The highest BCUT2D eigenvalue weighted by Crippen LogP contribution is 2.28. The van der Waals surface area contributed by atoms with Crippen molar-refractivity contribution < 1.29 is 12.8 Å². The molecule has 0 spiro atoms. The van der Waals surface area contributed by atoms with Crippen molar-refractivity contribution >= 4 is 32.1 Å². The molecule has 5 rings (SSSR count). The van der Waals surface area contributed by atoms with Gasteiger partial charge in [0, 0.05) is 31.6 Å². The van der Waals surface area contributed by atoms with Crippen molar-refractivity contribution in [2.75, 3.05) is 26.2 Å². The Kier molecular flexibility index (Phi) is 5.83. The highest BCUT2D eigenvalue weighted by Gasteiger charge is 2.30. The first-order chi connectivity index (χ1) is 15.9. The van der Waals surface area contributed by atoms with Crippen molar-refractivity contribution in [3.63, 3.8) is 0 Å². The molecule has 0 N–H and O–H groups in total. The van der Waals surface area contributed by atoms with Gasteiger partial charge in [-0.05, 0) is 29.6 Å². The topological polar surface area (TPSA) is 75.5 Å². The lowest BCUT2D eigenvalue weighted by Crippen LogP contribution is -2.50. The number of rotatable bonds is 5. The molecule has 33 heavy (non-hydrogen) atoms. The van der Waals surface area contributed by atoms with Crippen LogP contribution in [0.15, 0.2) is 75.7 Å². The molecule has 10 heteroatoms. The number of hydrogen-bond acceptors (Lipinski definition) is 6. The number of aromatic nitrogens is 2. The third-order valence-corrected chi connectivity index (χ3v) is 8.55. The van der Waals surface area contributed by atoms with E-state index in [1.54, 1.807) is 17.4 Å². The molecule has 7 nitrogen and oxygen atoms in total. The number of piperazine rings is 1. The van der Waals surface area contributed by atoms with Gasteiger partial charge in [0.05, 0.1) is 16.9 Å². The van der Waals surface area contributed by atoms with Crippen molar-refractivity contribution in [1.82, 2.24) is 19.0 Å². The molecular formula is C23H21FN4O3S2. The fraction of sp³-hybridized carbons (Fsp3) is 0.217. The van der Waals surface area contributed by atoms with Gasteiger partial charge in [-0.2, -0.15) is 9.40 Å². The van der Waals surface area contributed by atoms with Crippen LogP contribution in [-0.2, 0) is 16.7 Å². The van der Waals surface area contributed by atoms with Crippen LogP contribution in [0.4, 0.5) is 4.39 Å². The van der Waals surface area contributed by atoms with Crippen LogP contribution in [0.5, 0.6) is 0 Å². The fourth-order valence-corrected chi connectivity index (χ4v) is 6.23. The van der Waals surface area contributed by atoms with E-state index in [0.717, 1.165) is 22.0 Å². The molecule has 2 aromatic carbocycles. The number of benzene rings is 2. The molecule has 0 unspecified atom stereocenters. The largest absolute Gasteiger partial charge is 0.282 e. The summed E-state index contributed by atoms with van der Waals surface area (Å²) in [7, 11) is -3.91. The fourth-order valence-electron chi connectivity index (χ4n) is 4.02. The summed E-state index contributed by atoms with van der Waals surface area (Å²) in [5.74, 6) is -0.757. The maximum atomic E-state index is 14.1. The molecular weight excluding hydrogens is 463 g/mol. The summed E-state index contributed by atoms with van der Waals surface area (Å²) in [6, 6.07) is 16.7. The van der Waals surface area contributed by atoms with E-state index in [1.807, 2.05) is 40.6 Å². The minimum atomic E-state index is -3.91. The average Bonchev–Trinajstić information content (AvgIpc) is 3.36. The third-order valence-electron chi connectivity index (χ3n) is 5.74. The lowest BCUT2D eigenvalue weighted by molar-refractivity contribution is 0.143. The molecule has 3 heterocycles. The summed E-state index contributed by atoms with van der Waals surface area (Å²) < 4.78 is 42.5. The normalized spacial score (nSPS) is 15.8. The smallest absolute Gasteiger partial charge is 0.275 e. The molecule has 4 aromatic rings. The van der Waals surface area contributed by atoms with Gasteiger partial charge >= 0.3 is 0 Å². The first-order valence-electron chi connectivity index (χ1n) is 10.5. The monoisotopic (exact) mass is 484 g/mol. The molecule has 170 valence electrons. The Hall–Kier alpha value is -2.92. The van der Waals surface area contributed by atoms with Crippen molar-refractivity contribution in [2.45, 2.75) is 11.6 Å². The third kappa shape index (κ3) is 4.10. The minimum Gasteiger partial charge on any atom is -0.282 e. The molecule has 0 saturated carbocycles. The van der Waals surface area contributed by atoms with Crippen LogP contribution < -0.4 is 5.56 Å². The van der Waals surface area contributed by atoms with Crippen LogP contribution in [0.25, 0.3) is 21.3 Å². The molecule has 0 bridgehead atoms. The van der Waals surface area contributed by atoms with Crippen LogP contribution in [0.2, 0.25) is 0 Å². The molecule has 1 fully saturated rings. The van der Waals surface area contributed by atoms with Crippen LogP contribution in [0.3, 0.4) is 0 Å². The van der Waals surface area contributed by atoms with Crippen molar-refractivity contribution in [2.24, 2.45) is 0 Å². The van der Waals surface area contributed by atoms with Gasteiger partial charge in [-0.3, -0.25) is 9.69 Å². The van der Waals surface area contributed by atoms with Crippen LogP contribution in [0, 0.1) is 5.82 Å². The second-order valence-electron chi connectivity index (χ2n) is 7.77. The zero-order valence-corrected chi connectivity index (χ0v) is 19.2. The quantitative estimate of drug-likeness (QED) is 0.435. The Morgan fingerprint density at radius 3 is 2.30 bits per heavy atom. The average molecular weight is 485 g/mol. The van der Waals surface area contributed by atoms with E-state index in [9.17, 15) is 17.6 Å². The Bertz CT molecular complexity index is 1460. The van der Waals surface area contributed by atoms with Gasteiger partial charge in [-0.1, -0.05) is 36.4 Å². The molecule has 0 amide bonds. The van der Waals surface area contributed by atoms with Crippen LogP contribution in [-0.4, -0.2) is 53.6 Å². The molecule has 0 aliphatic carbocycles. The number of nitrogens with zero attached hydrogens (tertiary/aromatic N) is 4. The number of thiophene rings is 1. The summed E-state index contributed by atoms with van der Waals surface area (Å²) >= 11 is 1.56. The zero-order chi connectivity index (χ0) is 23.0. The molecule has 1 aliphatic heterocycles. The lowest BCUT2D eigenvalue weighted by atomic mass is 10.1. The highest BCUT2D eigenvalue weighted by atomic mass is 32.2. The van der Waals surface area contributed by atoms with Gasteiger partial charge in [0.25, 0.3) is 5.56 Å². The van der Waals surface area contributed by atoms with Crippen LogP contribution in [0.1, 0.15) is 0 Å². The Balaban J connectivity index is 1.38. The maximum absolute atomic E-state index is 14.1. The summed E-state index contributed by atoms with van der Waals surface area (Å²) in [5, 5.41) is 8.03. The summed E-state index contributed by atoms with van der Waals surface area (Å²) in [6.45, 7) is 1.47. The van der Waals surface area contributed by atoms with Crippen molar-refractivity contribution in [1.29, 1.82) is 0 Å². The van der Waals surface area contributed by atoms with E-state index in [0.29, 0.717) is 18.5 Å². The summed E-state index contributed by atoms with van der Waals surface area (Å²) in [6.07, 6.45) is 0. The maximum Gasteiger partial charge on any atom is 0.275 e. The molecule has 1 saturated heterocycles. The summed E-state index contributed by atoms with van der Waals surface area (Å²) in [5.41, 5.74) is 0.563. The van der Waals surface area contributed by atoms with Gasteiger partial charge in [0.1, 0.15) is 16.4 Å². The number of halogens is 1. The van der Waals surface area contributed by atoms with Crippen LogP contribution >= 0.6 is 11.3 Å². The van der Waals surface area contributed by atoms with Gasteiger partial charge < -0.3 is 0 Å². The number of sulfonamides is 1. The van der Waals surface area contributed by atoms with Gasteiger partial charge in [0.2, 0.25) is 10.0 Å². The SMILES string of the molecule is O=c1c2ccccc2c(-c2cccs2)nn1CN1CCN(S(=O)(=O)c2ccccc2F)CC1. The Labute approximate surface area is 194 Å². The van der Waals surface area contributed by atoms with Gasteiger partial charge in [-0.15, -0.1) is 11.3 Å². The lowest BCUT2D eigenvalue weighted by Gasteiger charge is -2.33. The second-order valence-corrected chi connectivity index (χ2v) is 10.6. The molecule has 2 aromatic heterocycles. The highest BCUT2D eigenvalue weighted by molar-refractivity contribution is 7.89. The molecule has 0 atom stereocenters. The van der Waals surface area contributed by atoms with E-state index in [2.05, 4.69) is 5.10 Å². The predicted octanol–water partition coefficient (Wildman–Crippen LogP) is 3.23. The standard InChI is InChI=1S/C23H21FN4O3S2/c24-19-8-3-4-10-21(19)33(30,31)27-13-11-26(12-14-27)16-28-23(29)18-7-2-1-6-17(18)22(25-28)20-9-5-15-32-20/h1-10,15H,11-14,16H2. The molecule has 1 aliphatic rings. The first-order valence-corrected chi connectivity index (χ1v) is 12.8. The van der Waals surface area contributed by atoms with Gasteiger partial charge in [-0.25, -0.2) is 17.5 Å². The van der Waals surface area contributed by atoms with E-state index < -0.39 is 15.8 Å². The van der Waals surface area contributed by atoms with Crippen molar-refractivity contribution in [3.05, 3.63) is 82.2 Å². The zero-order valence-electron chi connectivity index (χ0n) is 17.6. The Morgan fingerprint density at radius 1 is 0.909 bits per heavy atom. The van der Waals surface area contributed by atoms with E-state index >= 15 is 0 Å². The second kappa shape index (κ2) is 8.79. The number of fused-ring (bicyclic) bond motifs is 1. The van der Waals surface area contributed by atoms with E-state index in [4.69, 9.17) is 0 Å². The predicted molar refractivity (Wildman–Crippen MR) is 126 cm³/mol. The molecule has 0 radical (unpaired) electrons. The minimum absolute atomic E-state index is 0.188. The van der Waals surface area contributed by atoms with E-state index in [1.165, 1.54) is 27.2 Å². The summed E-state index contributed by atoms with van der Waals surface area (Å²) in [4.78, 5) is 15.7.